The quantitative estimate of drug-likeness (QED) is 0.602. The molecule has 0 spiro atoms. The monoisotopic (exact) mass is 222 g/mol. The molecule has 0 unspecified atom stereocenters. The van der Waals surface area contributed by atoms with E-state index in [1.54, 1.807) is 0 Å². The average Bonchev–Trinajstić information content (AvgIpc) is 2.69. The first-order valence-corrected chi connectivity index (χ1v) is 5.33. The predicted octanol–water partition coefficient (Wildman–Crippen LogP) is 1.93. The lowest BCUT2D eigenvalue weighted by atomic mass is 10.2. The summed E-state index contributed by atoms with van der Waals surface area (Å²) in [7, 11) is 0. The molecule has 0 bridgehead atoms. The zero-order chi connectivity index (χ0) is 11.5. The summed E-state index contributed by atoms with van der Waals surface area (Å²) in [6.45, 7) is 0. The zero-order valence-electron chi connectivity index (χ0n) is 8.85. The minimum Gasteiger partial charge on any atom is -0.383 e. The molecule has 0 amide bonds. The van der Waals surface area contributed by atoms with Crippen LogP contribution in [0.4, 0.5) is 17.3 Å². The number of nitrogen functional groups attached to an aromatic ring is 1. The van der Waals surface area contributed by atoms with Crippen molar-refractivity contribution in [3.63, 3.8) is 0 Å². The Kier molecular flexibility index (Phi) is 2.89. The van der Waals surface area contributed by atoms with Crippen LogP contribution in [0.2, 0.25) is 0 Å². The maximum atomic E-state index is 10.6. The van der Waals surface area contributed by atoms with Crippen molar-refractivity contribution in [2.24, 2.45) is 0 Å². The van der Waals surface area contributed by atoms with Crippen LogP contribution in [0.5, 0.6) is 0 Å². The molecule has 0 aliphatic heterocycles. The summed E-state index contributed by atoms with van der Waals surface area (Å²) in [6, 6.07) is 3.06. The minimum atomic E-state index is -0.460. The number of hydrogen-bond acceptors (Lipinski definition) is 5. The van der Waals surface area contributed by atoms with Gasteiger partial charge in [0.05, 0.1) is 17.1 Å². The van der Waals surface area contributed by atoms with E-state index >= 15 is 0 Å². The van der Waals surface area contributed by atoms with Gasteiger partial charge in [0.1, 0.15) is 11.6 Å². The number of rotatable bonds is 3. The van der Waals surface area contributed by atoms with Crippen molar-refractivity contribution < 1.29 is 4.92 Å². The third-order valence-electron chi connectivity index (χ3n) is 2.75. The molecule has 6 heteroatoms. The van der Waals surface area contributed by atoms with Gasteiger partial charge in [0.25, 0.3) is 5.69 Å². The van der Waals surface area contributed by atoms with Gasteiger partial charge in [-0.25, -0.2) is 4.98 Å². The number of pyridine rings is 1. The van der Waals surface area contributed by atoms with Crippen molar-refractivity contribution in [2.45, 2.75) is 31.7 Å². The van der Waals surface area contributed by atoms with Gasteiger partial charge in [-0.2, -0.15) is 0 Å². The van der Waals surface area contributed by atoms with Crippen LogP contribution in [0.25, 0.3) is 0 Å². The smallest absolute Gasteiger partial charge is 0.276 e. The average molecular weight is 222 g/mol. The molecule has 0 atom stereocenters. The minimum absolute atomic E-state index is 0.0204. The summed E-state index contributed by atoms with van der Waals surface area (Å²) in [5.74, 6) is 0.674. The Morgan fingerprint density at radius 1 is 1.44 bits per heavy atom. The first-order valence-electron chi connectivity index (χ1n) is 5.33. The van der Waals surface area contributed by atoms with E-state index in [2.05, 4.69) is 10.3 Å². The number of anilines is 2. The lowest BCUT2D eigenvalue weighted by Gasteiger charge is -2.12. The topological polar surface area (TPSA) is 94.1 Å². The van der Waals surface area contributed by atoms with Crippen LogP contribution in [0.15, 0.2) is 12.1 Å². The molecule has 1 heterocycles. The molecule has 1 aliphatic carbocycles. The van der Waals surface area contributed by atoms with Gasteiger partial charge in [0, 0.05) is 6.04 Å². The molecular formula is C10H14N4O2. The number of aromatic nitrogens is 1. The zero-order valence-corrected chi connectivity index (χ0v) is 8.85. The Morgan fingerprint density at radius 2 is 2.12 bits per heavy atom. The van der Waals surface area contributed by atoms with E-state index in [-0.39, 0.29) is 11.5 Å². The highest BCUT2D eigenvalue weighted by molar-refractivity contribution is 5.53. The Morgan fingerprint density at radius 3 is 2.75 bits per heavy atom. The van der Waals surface area contributed by atoms with Gasteiger partial charge in [-0.1, -0.05) is 12.8 Å². The van der Waals surface area contributed by atoms with E-state index in [1.165, 1.54) is 25.0 Å². The van der Waals surface area contributed by atoms with Crippen LogP contribution in [0, 0.1) is 10.1 Å². The number of nitro groups is 1. The van der Waals surface area contributed by atoms with Crippen LogP contribution in [0.1, 0.15) is 25.7 Å². The van der Waals surface area contributed by atoms with Crippen molar-refractivity contribution in [2.75, 3.05) is 11.1 Å². The van der Waals surface area contributed by atoms with Gasteiger partial charge in [-0.3, -0.25) is 10.1 Å². The van der Waals surface area contributed by atoms with Crippen molar-refractivity contribution >= 4 is 17.3 Å². The third-order valence-corrected chi connectivity index (χ3v) is 2.75. The molecule has 16 heavy (non-hydrogen) atoms. The maximum Gasteiger partial charge on any atom is 0.276 e. The molecule has 1 aromatic heterocycles. The largest absolute Gasteiger partial charge is 0.383 e. The summed E-state index contributed by atoms with van der Waals surface area (Å²) >= 11 is 0. The summed E-state index contributed by atoms with van der Waals surface area (Å²) in [4.78, 5) is 14.2. The third kappa shape index (κ3) is 2.39. The van der Waals surface area contributed by atoms with Crippen molar-refractivity contribution in [1.82, 2.24) is 4.98 Å². The number of nitrogens with two attached hydrogens (primary N) is 1. The highest BCUT2D eigenvalue weighted by Crippen LogP contribution is 2.24. The number of nitrogens with one attached hydrogen (secondary N) is 1. The Balaban J connectivity index is 2.16. The normalized spacial score (nSPS) is 16.2. The SMILES string of the molecule is Nc1cc([N+](=O)[O-])cc(NC2CCCC2)n1. The highest BCUT2D eigenvalue weighted by Gasteiger charge is 2.17. The molecule has 6 nitrogen and oxygen atoms in total. The predicted molar refractivity (Wildman–Crippen MR) is 61.2 cm³/mol. The lowest BCUT2D eigenvalue weighted by molar-refractivity contribution is -0.384. The molecule has 0 aromatic carbocycles. The summed E-state index contributed by atoms with van der Waals surface area (Å²) in [6.07, 6.45) is 4.57. The van der Waals surface area contributed by atoms with Gasteiger partial charge in [-0.05, 0) is 12.8 Å². The summed E-state index contributed by atoms with van der Waals surface area (Å²) < 4.78 is 0. The molecule has 2 rings (SSSR count). The molecule has 0 saturated heterocycles. The Labute approximate surface area is 93.0 Å². The lowest BCUT2D eigenvalue weighted by Crippen LogP contribution is -2.16. The van der Waals surface area contributed by atoms with Crippen molar-refractivity contribution in [3.8, 4) is 0 Å². The second-order valence-electron chi connectivity index (χ2n) is 4.02. The fourth-order valence-corrected chi connectivity index (χ4v) is 2.00. The molecule has 3 N–H and O–H groups in total. The molecule has 1 aromatic rings. The molecule has 86 valence electrons. The van der Waals surface area contributed by atoms with E-state index in [0.717, 1.165) is 12.8 Å². The fourth-order valence-electron chi connectivity index (χ4n) is 2.00. The Hall–Kier alpha value is -1.85. The van der Waals surface area contributed by atoms with Crippen LogP contribution in [-0.2, 0) is 0 Å². The molecule has 1 fully saturated rings. The second-order valence-corrected chi connectivity index (χ2v) is 4.02. The van der Waals surface area contributed by atoms with Crippen molar-refractivity contribution in [3.05, 3.63) is 22.2 Å². The molecule has 0 radical (unpaired) electrons. The first-order chi connectivity index (χ1) is 7.65. The Bertz CT molecular complexity index is 402. The summed E-state index contributed by atoms with van der Waals surface area (Å²) in [5.41, 5.74) is 5.50. The number of nitrogens with zero attached hydrogens (tertiary/aromatic N) is 2. The molecular weight excluding hydrogens is 208 g/mol. The highest BCUT2D eigenvalue weighted by atomic mass is 16.6. The first kappa shape index (κ1) is 10.7. The van der Waals surface area contributed by atoms with E-state index in [9.17, 15) is 10.1 Å². The van der Waals surface area contributed by atoms with E-state index in [0.29, 0.717) is 11.9 Å². The van der Waals surface area contributed by atoms with Crippen molar-refractivity contribution in [1.29, 1.82) is 0 Å². The standard InChI is InChI=1S/C10H14N4O2/c11-9-5-8(14(15)16)6-10(13-9)12-7-3-1-2-4-7/h5-7H,1-4H2,(H3,11,12,13). The van der Waals surface area contributed by atoms with Crippen LogP contribution >= 0.6 is 0 Å². The van der Waals surface area contributed by atoms with E-state index in [4.69, 9.17) is 5.73 Å². The fraction of sp³-hybridized carbons (Fsp3) is 0.500. The van der Waals surface area contributed by atoms with Gasteiger partial charge < -0.3 is 11.1 Å². The van der Waals surface area contributed by atoms with E-state index < -0.39 is 4.92 Å². The molecule has 1 aliphatic rings. The second kappa shape index (κ2) is 4.34. The summed E-state index contributed by atoms with van der Waals surface area (Å²) in [5, 5.41) is 13.8. The van der Waals surface area contributed by atoms with Gasteiger partial charge >= 0.3 is 0 Å². The van der Waals surface area contributed by atoms with Crippen LogP contribution in [0.3, 0.4) is 0 Å². The van der Waals surface area contributed by atoms with Gasteiger partial charge in [0.15, 0.2) is 0 Å². The van der Waals surface area contributed by atoms with E-state index in [1.807, 2.05) is 0 Å². The number of hydrogen-bond donors (Lipinski definition) is 2. The van der Waals surface area contributed by atoms with Gasteiger partial charge in [0.2, 0.25) is 0 Å². The maximum absolute atomic E-state index is 10.6. The van der Waals surface area contributed by atoms with Gasteiger partial charge in [-0.15, -0.1) is 0 Å². The van der Waals surface area contributed by atoms with Crippen LogP contribution < -0.4 is 11.1 Å². The van der Waals surface area contributed by atoms with Crippen LogP contribution in [-0.4, -0.2) is 15.9 Å². The molecule has 1 saturated carbocycles.